The van der Waals surface area contributed by atoms with Crippen LogP contribution in [0.15, 0.2) is 18.2 Å². The van der Waals surface area contributed by atoms with Crippen molar-refractivity contribution < 1.29 is 9.53 Å². The first-order valence-corrected chi connectivity index (χ1v) is 6.49. The first-order valence-electron chi connectivity index (χ1n) is 6.49. The summed E-state index contributed by atoms with van der Waals surface area (Å²) in [6, 6.07) is 5.80. The Morgan fingerprint density at radius 3 is 2.61 bits per heavy atom. The van der Waals surface area contributed by atoms with Gasteiger partial charge >= 0.3 is 0 Å². The zero-order chi connectivity index (χ0) is 13.3. The third-order valence-corrected chi connectivity index (χ3v) is 3.36. The Bertz CT molecular complexity index is 462. The molecular formula is C15H21NO2. The largest absolute Gasteiger partial charge is 0.491 e. The number of hydrogen-bond acceptors (Lipinski definition) is 2. The Hall–Kier alpha value is -1.51. The van der Waals surface area contributed by atoms with Crippen LogP contribution in [0.1, 0.15) is 39.2 Å². The highest BCUT2D eigenvalue weighted by molar-refractivity contribution is 5.97. The predicted molar refractivity (Wildman–Crippen MR) is 72.9 cm³/mol. The van der Waals surface area contributed by atoms with Crippen LogP contribution < -0.4 is 10.1 Å². The van der Waals surface area contributed by atoms with Crippen LogP contribution in [0, 0.1) is 12.3 Å². The molecule has 0 radical (unpaired) electrons. The maximum Gasteiger partial charge on any atom is 0.230 e. The van der Waals surface area contributed by atoms with Gasteiger partial charge in [-0.3, -0.25) is 4.79 Å². The first-order chi connectivity index (χ1) is 8.40. The minimum Gasteiger partial charge on any atom is -0.491 e. The van der Waals surface area contributed by atoms with Crippen LogP contribution in [0.3, 0.4) is 0 Å². The lowest BCUT2D eigenvalue weighted by Gasteiger charge is -2.15. The van der Waals surface area contributed by atoms with E-state index in [1.807, 2.05) is 45.9 Å². The van der Waals surface area contributed by atoms with Gasteiger partial charge < -0.3 is 10.1 Å². The van der Waals surface area contributed by atoms with E-state index in [1.165, 1.54) is 0 Å². The molecule has 0 aliphatic heterocycles. The Balaban J connectivity index is 2.11. The van der Waals surface area contributed by atoms with Crippen molar-refractivity contribution in [2.75, 3.05) is 5.32 Å². The molecule has 0 atom stereocenters. The van der Waals surface area contributed by atoms with Gasteiger partial charge in [-0.25, -0.2) is 0 Å². The molecule has 3 heteroatoms. The number of anilines is 1. The SMILES string of the molecule is Cc1ccc(NC(=O)C2(C)CC2)cc1OC(C)C. The molecule has 98 valence electrons. The normalized spacial score (nSPS) is 16.5. The molecule has 0 spiro atoms. The van der Waals surface area contributed by atoms with Gasteiger partial charge in [0.25, 0.3) is 0 Å². The minimum absolute atomic E-state index is 0.113. The molecule has 3 nitrogen and oxygen atoms in total. The van der Waals surface area contributed by atoms with Crippen molar-refractivity contribution in [2.24, 2.45) is 5.41 Å². The molecular weight excluding hydrogens is 226 g/mol. The summed E-state index contributed by atoms with van der Waals surface area (Å²) in [6.07, 6.45) is 2.11. The van der Waals surface area contributed by atoms with Crippen LogP contribution in [0.4, 0.5) is 5.69 Å². The molecule has 0 bridgehead atoms. The van der Waals surface area contributed by atoms with Gasteiger partial charge in [-0.1, -0.05) is 13.0 Å². The lowest BCUT2D eigenvalue weighted by atomic mass is 10.1. The van der Waals surface area contributed by atoms with E-state index < -0.39 is 0 Å². The van der Waals surface area contributed by atoms with Crippen molar-refractivity contribution in [3.8, 4) is 5.75 Å². The Morgan fingerprint density at radius 2 is 2.06 bits per heavy atom. The molecule has 0 saturated heterocycles. The number of hydrogen-bond donors (Lipinski definition) is 1. The second kappa shape index (κ2) is 4.63. The molecule has 0 aromatic heterocycles. The summed E-state index contributed by atoms with van der Waals surface area (Å²) < 4.78 is 5.72. The molecule has 2 rings (SSSR count). The predicted octanol–water partition coefficient (Wildman–Crippen LogP) is 3.52. The number of aryl methyl sites for hydroxylation is 1. The molecule has 1 aromatic rings. The zero-order valence-electron chi connectivity index (χ0n) is 11.5. The molecule has 1 aliphatic carbocycles. The quantitative estimate of drug-likeness (QED) is 0.884. The van der Waals surface area contributed by atoms with Crippen molar-refractivity contribution in [3.63, 3.8) is 0 Å². The van der Waals surface area contributed by atoms with Gasteiger partial charge in [-0.15, -0.1) is 0 Å². The summed E-state index contributed by atoms with van der Waals surface area (Å²) >= 11 is 0. The van der Waals surface area contributed by atoms with Gasteiger partial charge in [-0.2, -0.15) is 0 Å². The van der Waals surface area contributed by atoms with Gasteiger partial charge in [0, 0.05) is 17.2 Å². The summed E-state index contributed by atoms with van der Waals surface area (Å²) in [4.78, 5) is 12.0. The molecule has 1 saturated carbocycles. The number of rotatable bonds is 4. The highest BCUT2D eigenvalue weighted by atomic mass is 16.5. The average molecular weight is 247 g/mol. The fraction of sp³-hybridized carbons (Fsp3) is 0.533. The zero-order valence-corrected chi connectivity index (χ0v) is 11.5. The third kappa shape index (κ3) is 2.84. The molecule has 18 heavy (non-hydrogen) atoms. The summed E-state index contributed by atoms with van der Waals surface area (Å²) in [5.41, 5.74) is 1.75. The fourth-order valence-corrected chi connectivity index (χ4v) is 1.76. The number of carbonyl (C=O) groups excluding carboxylic acids is 1. The number of carbonyl (C=O) groups is 1. The van der Waals surface area contributed by atoms with Crippen LogP contribution in [-0.4, -0.2) is 12.0 Å². The highest BCUT2D eigenvalue weighted by Gasteiger charge is 2.44. The Labute approximate surface area is 109 Å². The van der Waals surface area contributed by atoms with Gasteiger partial charge in [0.05, 0.1) is 6.10 Å². The number of ether oxygens (including phenoxy) is 1. The number of benzene rings is 1. The minimum atomic E-state index is -0.149. The van der Waals surface area contributed by atoms with Crippen LogP contribution in [0.25, 0.3) is 0 Å². The molecule has 0 heterocycles. The van der Waals surface area contributed by atoms with E-state index in [9.17, 15) is 4.79 Å². The van der Waals surface area contributed by atoms with E-state index in [-0.39, 0.29) is 17.4 Å². The van der Waals surface area contributed by atoms with Crippen LogP contribution in [0.2, 0.25) is 0 Å². The smallest absolute Gasteiger partial charge is 0.230 e. The number of nitrogens with one attached hydrogen (secondary N) is 1. The fourth-order valence-electron chi connectivity index (χ4n) is 1.76. The lowest BCUT2D eigenvalue weighted by Crippen LogP contribution is -2.21. The molecule has 1 aliphatic rings. The molecule has 1 fully saturated rings. The molecule has 1 amide bonds. The van der Waals surface area contributed by atoms with E-state index in [1.54, 1.807) is 0 Å². The third-order valence-electron chi connectivity index (χ3n) is 3.36. The lowest BCUT2D eigenvalue weighted by molar-refractivity contribution is -0.120. The van der Waals surface area contributed by atoms with E-state index in [0.29, 0.717) is 0 Å². The summed E-state index contributed by atoms with van der Waals surface area (Å²) in [5.74, 6) is 0.950. The topological polar surface area (TPSA) is 38.3 Å². The van der Waals surface area contributed by atoms with E-state index in [4.69, 9.17) is 4.74 Å². The van der Waals surface area contributed by atoms with Crippen LogP contribution in [0.5, 0.6) is 5.75 Å². The van der Waals surface area contributed by atoms with Crippen molar-refractivity contribution in [3.05, 3.63) is 23.8 Å². The second-order valence-corrected chi connectivity index (χ2v) is 5.66. The van der Waals surface area contributed by atoms with Gasteiger partial charge in [-0.05, 0) is 45.2 Å². The Morgan fingerprint density at radius 1 is 1.39 bits per heavy atom. The van der Waals surface area contributed by atoms with Crippen LogP contribution in [-0.2, 0) is 4.79 Å². The summed E-state index contributed by atoms with van der Waals surface area (Å²) in [6.45, 7) is 8.00. The van der Waals surface area contributed by atoms with Crippen molar-refractivity contribution in [1.82, 2.24) is 0 Å². The standard InChI is InChI=1S/C15H21NO2/c1-10(2)18-13-9-12(6-5-11(13)3)16-14(17)15(4)7-8-15/h5-6,9-10H,7-8H2,1-4H3,(H,16,17). The van der Waals surface area contributed by atoms with E-state index in [2.05, 4.69) is 5.32 Å². The van der Waals surface area contributed by atoms with Crippen LogP contribution >= 0.6 is 0 Å². The maximum absolute atomic E-state index is 12.0. The van der Waals surface area contributed by atoms with E-state index >= 15 is 0 Å². The summed E-state index contributed by atoms with van der Waals surface area (Å²) in [7, 11) is 0. The molecule has 0 unspecified atom stereocenters. The number of amides is 1. The van der Waals surface area contributed by atoms with Crippen molar-refractivity contribution >= 4 is 11.6 Å². The average Bonchev–Trinajstić information content (AvgIpc) is 3.02. The van der Waals surface area contributed by atoms with Gasteiger partial charge in [0.15, 0.2) is 0 Å². The molecule has 1 N–H and O–H groups in total. The first kappa shape index (κ1) is 12.9. The van der Waals surface area contributed by atoms with Crippen molar-refractivity contribution in [1.29, 1.82) is 0 Å². The monoisotopic (exact) mass is 247 g/mol. The second-order valence-electron chi connectivity index (χ2n) is 5.66. The van der Waals surface area contributed by atoms with Gasteiger partial charge in [0.1, 0.15) is 5.75 Å². The Kier molecular flexibility index (Phi) is 3.33. The maximum atomic E-state index is 12.0. The van der Waals surface area contributed by atoms with Gasteiger partial charge in [0.2, 0.25) is 5.91 Å². The van der Waals surface area contributed by atoms with E-state index in [0.717, 1.165) is 29.8 Å². The summed E-state index contributed by atoms with van der Waals surface area (Å²) in [5, 5.41) is 2.97. The molecule has 1 aromatic carbocycles. The van der Waals surface area contributed by atoms with Crippen molar-refractivity contribution in [2.45, 2.75) is 46.6 Å². The highest BCUT2D eigenvalue weighted by Crippen LogP contribution is 2.45.